The molecule has 0 spiro atoms. The van der Waals surface area contributed by atoms with Crippen molar-refractivity contribution in [1.29, 1.82) is 0 Å². The highest BCUT2D eigenvalue weighted by molar-refractivity contribution is 6.36. The summed E-state index contributed by atoms with van der Waals surface area (Å²) in [6, 6.07) is 4.96. The second-order valence-electron chi connectivity index (χ2n) is 6.76. The van der Waals surface area contributed by atoms with Crippen molar-refractivity contribution in [2.24, 2.45) is 0 Å². The Bertz CT molecular complexity index is 792. The van der Waals surface area contributed by atoms with Gasteiger partial charge in [-0.3, -0.25) is 4.90 Å². The maximum Gasteiger partial charge on any atom is 0.322 e. The zero-order valence-electron chi connectivity index (χ0n) is 15.5. The van der Waals surface area contributed by atoms with Gasteiger partial charge in [0.2, 0.25) is 0 Å². The number of halogens is 2. The summed E-state index contributed by atoms with van der Waals surface area (Å²) in [4.78, 5) is 14.5. The molecular weight excluding hydrogens is 385 g/mol. The van der Waals surface area contributed by atoms with Crippen LogP contribution in [-0.2, 0) is 19.5 Å². The summed E-state index contributed by atoms with van der Waals surface area (Å²) in [6.07, 6.45) is 6.28. The monoisotopic (exact) mass is 409 g/mol. The number of nitrogens with one attached hydrogen (secondary N) is 1. The van der Waals surface area contributed by atoms with Crippen molar-refractivity contribution in [1.82, 2.24) is 20.1 Å². The van der Waals surface area contributed by atoms with Crippen molar-refractivity contribution in [2.75, 3.05) is 11.4 Å². The number of amides is 2. The largest absolute Gasteiger partial charge is 0.338 e. The maximum absolute atomic E-state index is 12.9. The molecule has 146 valence electrons. The Kier molecular flexibility index (Phi) is 6.96. The number of unbranched alkanes of at least 4 members (excludes halogenated alkanes) is 1. The number of urea groups is 1. The standard InChI is InChI=1S/C19H25Cl2N5O/c1-2-3-10-22-19(27)26(16-9-8-14(20)12-15(16)21)13-18-24-23-17-7-5-4-6-11-25(17)18/h8-9,12H,2-7,10-11,13H2,1H3,(H,22,27). The Morgan fingerprint density at radius 3 is 2.89 bits per heavy atom. The van der Waals surface area contributed by atoms with Crippen LogP contribution in [0.25, 0.3) is 0 Å². The topological polar surface area (TPSA) is 63.1 Å². The highest BCUT2D eigenvalue weighted by atomic mass is 35.5. The summed E-state index contributed by atoms with van der Waals surface area (Å²) in [5.74, 6) is 1.78. The lowest BCUT2D eigenvalue weighted by Crippen LogP contribution is -2.41. The van der Waals surface area contributed by atoms with E-state index < -0.39 is 0 Å². The molecule has 1 N–H and O–H groups in total. The molecule has 0 saturated heterocycles. The van der Waals surface area contributed by atoms with Gasteiger partial charge >= 0.3 is 6.03 Å². The number of hydrogen-bond donors (Lipinski definition) is 1. The van der Waals surface area contributed by atoms with E-state index in [4.69, 9.17) is 23.2 Å². The number of fused-ring (bicyclic) bond motifs is 1. The predicted molar refractivity (Wildman–Crippen MR) is 109 cm³/mol. The first-order valence-corrected chi connectivity index (χ1v) is 10.3. The van der Waals surface area contributed by atoms with Crippen LogP contribution in [0.3, 0.4) is 0 Å². The average Bonchev–Trinajstić information content (AvgIpc) is 2.86. The summed E-state index contributed by atoms with van der Waals surface area (Å²) in [5.41, 5.74) is 0.612. The first kappa shape index (κ1) is 20.0. The number of aryl methyl sites for hydroxylation is 1. The van der Waals surface area contributed by atoms with Gasteiger partial charge in [0.25, 0.3) is 0 Å². The van der Waals surface area contributed by atoms with Crippen LogP contribution in [0.2, 0.25) is 10.0 Å². The van der Waals surface area contributed by atoms with Crippen LogP contribution in [0.4, 0.5) is 10.5 Å². The zero-order chi connectivity index (χ0) is 19.2. The molecule has 2 heterocycles. The van der Waals surface area contributed by atoms with Crippen molar-refractivity contribution >= 4 is 34.9 Å². The Hall–Kier alpha value is -1.79. The number of hydrogen-bond acceptors (Lipinski definition) is 3. The van der Waals surface area contributed by atoms with Gasteiger partial charge in [-0.2, -0.15) is 0 Å². The molecular formula is C19H25Cl2N5O. The molecule has 1 aliphatic heterocycles. The van der Waals surface area contributed by atoms with Gasteiger partial charge in [0.1, 0.15) is 5.82 Å². The van der Waals surface area contributed by atoms with Gasteiger partial charge in [-0.1, -0.05) is 43.0 Å². The van der Waals surface area contributed by atoms with E-state index in [1.54, 1.807) is 23.1 Å². The number of aromatic nitrogens is 3. The molecule has 0 radical (unpaired) electrons. The molecule has 1 aliphatic rings. The van der Waals surface area contributed by atoms with Crippen molar-refractivity contribution < 1.29 is 4.79 Å². The van der Waals surface area contributed by atoms with Crippen LogP contribution in [0, 0.1) is 0 Å². The minimum absolute atomic E-state index is 0.196. The molecule has 0 atom stereocenters. The van der Waals surface area contributed by atoms with E-state index in [0.29, 0.717) is 28.8 Å². The molecule has 8 heteroatoms. The number of carbonyl (C=O) groups excluding carboxylic acids is 1. The fourth-order valence-electron chi connectivity index (χ4n) is 3.24. The molecule has 0 bridgehead atoms. The maximum atomic E-state index is 12.9. The molecule has 6 nitrogen and oxygen atoms in total. The second-order valence-corrected chi connectivity index (χ2v) is 7.61. The molecule has 2 aromatic rings. The van der Waals surface area contributed by atoms with Gasteiger partial charge < -0.3 is 9.88 Å². The molecule has 3 rings (SSSR count). The smallest absolute Gasteiger partial charge is 0.322 e. The van der Waals surface area contributed by atoms with Crippen LogP contribution in [0.5, 0.6) is 0 Å². The number of benzene rings is 1. The third-order valence-corrected chi connectivity index (χ3v) is 5.28. The van der Waals surface area contributed by atoms with E-state index in [2.05, 4.69) is 27.0 Å². The number of carbonyl (C=O) groups is 1. The van der Waals surface area contributed by atoms with E-state index in [9.17, 15) is 4.79 Å². The minimum Gasteiger partial charge on any atom is -0.338 e. The highest BCUT2D eigenvalue weighted by Crippen LogP contribution is 2.30. The Morgan fingerprint density at radius 2 is 2.11 bits per heavy atom. The quantitative estimate of drug-likeness (QED) is 0.694. The van der Waals surface area contributed by atoms with Crippen LogP contribution >= 0.6 is 23.2 Å². The van der Waals surface area contributed by atoms with Crippen molar-refractivity contribution in [3.8, 4) is 0 Å². The van der Waals surface area contributed by atoms with Gasteiger partial charge in [-0.25, -0.2) is 4.79 Å². The van der Waals surface area contributed by atoms with Gasteiger partial charge in [0, 0.05) is 24.5 Å². The third-order valence-electron chi connectivity index (χ3n) is 4.74. The normalized spacial score (nSPS) is 13.7. The SMILES string of the molecule is CCCCNC(=O)N(Cc1nnc2n1CCCCC2)c1ccc(Cl)cc1Cl. The minimum atomic E-state index is -0.196. The summed E-state index contributed by atoms with van der Waals surface area (Å²) in [6.45, 7) is 3.91. The predicted octanol–water partition coefficient (Wildman–Crippen LogP) is 4.83. The van der Waals surface area contributed by atoms with Gasteiger partial charge in [-0.05, 0) is 37.5 Å². The molecule has 0 unspecified atom stereocenters. The molecule has 1 aromatic heterocycles. The van der Waals surface area contributed by atoms with Crippen LogP contribution in [0.15, 0.2) is 18.2 Å². The van der Waals surface area contributed by atoms with E-state index in [1.165, 1.54) is 6.42 Å². The Labute approximate surface area is 169 Å². The molecule has 1 aromatic carbocycles. The summed E-state index contributed by atoms with van der Waals surface area (Å²) in [7, 11) is 0. The van der Waals surface area contributed by atoms with E-state index in [-0.39, 0.29) is 6.03 Å². The number of nitrogens with zero attached hydrogens (tertiary/aromatic N) is 4. The lowest BCUT2D eigenvalue weighted by molar-refractivity contribution is 0.245. The molecule has 0 saturated carbocycles. The summed E-state index contributed by atoms with van der Waals surface area (Å²) >= 11 is 12.4. The fraction of sp³-hybridized carbons (Fsp3) is 0.526. The second kappa shape index (κ2) is 9.42. The molecule has 0 aliphatic carbocycles. The van der Waals surface area contributed by atoms with Crippen molar-refractivity contribution in [2.45, 2.75) is 58.5 Å². The van der Waals surface area contributed by atoms with Gasteiger partial charge in [-0.15, -0.1) is 10.2 Å². The van der Waals surface area contributed by atoms with Crippen LogP contribution in [-0.4, -0.2) is 27.3 Å². The van der Waals surface area contributed by atoms with Crippen LogP contribution < -0.4 is 10.2 Å². The first-order valence-electron chi connectivity index (χ1n) is 9.51. The number of rotatable bonds is 6. The van der Waals surface area contributed by atoms with Crippen LogP contribution in [0.1, 0.15) is 50.7 Å². The summed E-state index contributed by atoms with van der Waals surface area (Å²) < 4.78 is 2.14. The van der Waals surface area contributed by atoms with Gasteiger partial charge in [0.15, 0.2) is 5.82 Å². The number of anilines is 1. The van der Waals surface area contributed by atoms with Crippen molar-refractivity contribution in [3.63, 3.8) is 0 Å². The highest BCUT2D eigenvalue weighted by Gasteiger charge is 2.23. The average molecular weight is 410 g/mol. The summed E-state index contributed by atoms with van der Waals surface area (Å²) in [5, 5.41) is 12.6. The van der Waals surface area contributed by atoms with Gasteiger partial charge in [0.05, 0.1) is 17.3 Å². The molecule has 0 fully saturated rings. The zero-order valence-corrected chi connectivity index (χ0v) is 17.1. The fourth-order valence-corrected chi connectivity index (χ4v) is 3.75. The lowest BCUT2D eigenvalue weighted by Gasteiger charge is -2.24. The van der Waals surface area contributed by atoms with E-state index in [0.717, 1.165) is 50.3 Å². The Balaban J connectivity index is 1.88. The molecule has 27 heavy (non-hydrogen) atoms. The Morgan fingerprint density at radius 1 is 1.26 bits per heavy atom. The lowest BCUT2D eigenvalue weighted by atomic mass is 10.2. The third kappa shape index (κ3) is 4.93. The molecule has 2 amide bonds. The first-order chi connectivity index (χ1) is 13.1. The van der Waals surface area contributed by atoms with E-state index >= 15 is 0 Å². The van der Waals surface area contributed by atoms with E-state index in [1.807, 2.05) is 0 Å². The van der Waals surface area contributed by atoms with Crippen molar-refractivity contribution in [3.05, 3.63) is 39.9 Å².